The summed E-state index contributed by atoms with van der Waals surface area (Å²) in [5.41, 5.74) is 0.470. The zero-order valence-electron chi connectivity index (χ0n) is 9.48. The number of pyridine rings is 1. The van der Waals surface area contributed by atoms with E-state index in [0.29, 0.717) is 11.7 Å². The van der Waals surface area contributed by atoms with Crippen molar-refractivity contribution in [1.29, 1.82) is 5.26 Å². The zero-order valence-corrected chi connectivity index (χ0v) is 9.48. The highest BCUT2D eigenvalue weighted by atomic mass is 15.1. The number of hydrogen-bond acceptors (Lipinski definition) is 4. The topological polar surface area (TPSA) is 52.0 Å². The second-order valence-corrected chi connectivity index (χ2v) is 4.24. The van der Waals surface area contributed by atoms with Gasteiger partial charge in [0.15, 0.2) is 0 Å². The summed E-state index contributed by atoms with van der Waals surface area (Å²) >= 11 is 0. The lowest BCUT2D eigenvalue weighted by molar-refractivity contribution is 0.263. The lowest BCUT2D eigenvalue weighted by atomic mass is 10.1. The minimum atomic E-state index is 0.470. The second-order valence-electron chi connectivity index (χ2n) is 4.24. The average Bonchev–Trinajstić information content (AvgIpc) is 2.32. The molecule has 0 radical (unpaired) electrons. The molecule has 1 aromatic heterocycles. The van der Waals surface area contributed by atoms with E-state index in [4.69, 9.17) is 5.26 Å². The van der Waals surface area contributed by atoms with E-state index in [0.717, 1.165) is 31.7 Å². The van der Waals surface area contributed by atoms with Gasteiger partial charge in [-0.1, -0.05) is 6.07 Å². The summed E-state index contributed by atoms with van der Waals surface area (Å²) in [6.45, 7) is 2.24. The Bertz CT molecular complexity index is 388. The van der Waals surface area contributed by atoms with Crippen LogP contribution in [0.3, 0.4) is 0 Å². The monoisotopic (exact) mass is 216 g/mol. The molecule has 1 saturated heterocycles. The molecule has 0 saturated carbocycles. The molecule has 1 aliphatic heterocycles. The molecule has 1 fully saturated rings. The highest BCUT2D eigenvalue weighted by Crippen LogP contribution is 2.14. The SMILES string of the molecule is CN1CCC(Nc2cccc(C#N)n2)CC1. The minimum Gasteiger partial charge on any atom is -0.367 e. The Morgan fingerprint density at radius 1 is 1.44 bits per heavy atom. The van der Waals surface area contributed by atoms with Gasteiger partial charge in [-0.15, -0.1) is 0 Å². The maximum Gasteiger partial charge on any atom is 0.142 e. The first-order valence-corrected chi connectivity index (χ1v) is 5.60. The quantitative estimate of drug-likeness (QED) is 0.813. The van der Waals surface area contributed by atoms with Crippen LogP contribution in [0.25, 0.3) is 0 Å². The first-order chi connectivity index (χ1) is 7.78. The Kier molecular flexibility index (Phi) is 3.37. The number of anilines is 1. The summed E-state index contributed by atoms with van der Waals surface area (Å²) < 4.78 is 0. The Balaban J connectivity index is 1.96. The predicted octanol–water partition coefficient (Wildman–Crippen LogP) is 1.46. The fourth-order valence-corrected chi connectivity index (χ4v) is 1.94. The number of aromatic nitrogens is 1. The molecule has 0 amide bonds. The number of rotatable bonds is 2. The number of nitriles is 1. The lowest BCUT2D eigenvalue weighted by Gasteiger charge is -2.29. The van der Waals surface area contributed by atoms with Gasteiger partial charge in [0.25, 0.3) is 0 Å². The van der Waals surface area contributed by atoms with E-state index in [1.54, 1.807) is 6.07 Å². The van der Waals surface area contributed by atoms with Gasteiger partial charge in [0.1, 0.15) is 17.6 Å². The maximum atomic E-state index is 8.76. The standard InChI is InChI=1S/C12H16N4/c1-16-7-5-10(6-8-16)14-12-4-2-3-11(9-13)15-12/h2-4,10H,5-8H2,1H3,(H,14,15). The smallest absolute Gasteiger partial charge is 0.142 e. The molecule has 1 aliphatic rings. The van der Waals surface area contributed by atoms with Gasteiger partial charge < -0.3 is 10.2 Å². The van der Waals surface area contributed by atoms with Crippen LogP contribution in [0.1, 0.15) is 18.5 Å². The number of likely N-dealkylation sites (tertiary alicyclic amines) is 1. The lowest BCUT2D eigenvalue weighted by Crippen LogP contribution is -2.36. The molecule has 16 heavy (non-hydrogen) atoms. The Morgan fingerprint density at radius 2 is 2.19 bits per heavy atom. The molecule has 2 heterocycles. The van der Waals surface area contributed by atoms with Crippen LogP contribution in [-0.4, -0.2) is 36.1 Å². The van der Waals surface area contributed by atoms with Gasteiger partial charge in [0.2, 0.25) is 0 Å². The fraction of sp³-hybridized carbons (Fsp3) is 0.500. The summed E-state index contributed by atoms with van der Waals surface area (Å²) in [7, 11) is 2.14. The van der Waals surface area contributed by atoms with Crippen LogP contribution in [-0.2, 0) is 0 Å². The van der Waals surface area contributed by atoms with E-state index in [1.165, 1.54) is 0 Å². The van der Waals surface area contributed by atoms with Crippen molar-refractivity contribution in [2.45, 2.75) is 18.9 Å². The third-order valence-electron chi connectivity index (χ3n) is 2.93. The summed E-state index contributed by atoms with van der Waals surface area (Å²) in [4.78, 5) is 6.55. The van der Waals surface area contributed by atoms with Gasteiger partial charge >= 0.3 is 0 Å². The predicted molar refractivity (Wildman–Crippen MR) is 63.1 cm³/mol. The Hall–Kier alpha value is -1.60. The van der Waals surface area contributed by atoms with Crippen LogP contribution in [0.2, 0.25) is 0 Å². The number of nitrogens with one attached hydrogen (secondary N) is 1. The third kappa shape index (κ3) is 2.71. The molecule has 0 bridgehead atoms. The van der Waals surface area contributed by atoms with Crippen LogP contribution in [0.15, 0.2) is 18.2 Å². The van der Waals surface area contributed by atoms with E-state index >= 15 is 0 Å². The molecule has 84 valence electrons. The number of piperidine rings is 1. The molecule has 0 atom stereocenters. The van der Waals surface area contributed by atoms with E-state index in [2.05, 4.69) is 28.3 Å². The van der Waals surface area contributed by atoms with Crippen molar-refractivity contribution in [3.8, 4) is 6.07 Å². The number of hydrogen-bond donors (Lipinski definition) is 1. The van der Waals surface area contributed by atoms with Crippen LogP contribution in [0.5, 0.6) is 0 Å². The van der Waals surface area contributed by atoms with Gasteiger partial charge in [-0.3, -0.25) is 0 Å². The first kappa shape index (κ1) is 10.9. The average molecular weight is 216 g/mol. The van der Waals surface area contributed by atoms with E-state index < -0.39 is 0 Å². The van der Waals surface area contributed by atoms with Gasteiger partial charge in [-0.2, -0.15) is 5.26 Å². The largest absolute Gasteiger partial charge is 0.367 e. The van der Waals surface area contributed by atoms with Crippen molar-refractivity contribution in [2.75, 3.05) is 25.5 Å². The van der Waals surface area contributed by atoms with Crippen molar-refractivity contribution >= 4 is 5.82 Å². The first-order valence-electron chi connectivity index (χ1n) is 5.60. The molecule has 0 aromatic carbocycles. The van der Waals surface area contributed by atoms with Crippen molar-refractivity contribution in [3.05, 3.63) is 23.9 Å². The molecule has 0 unspecified atom stereocenters. The number of nitrogens with zero attached hydrogens (tertiary/aromatic N) is 3. The molecule has 2 rings (SSSR count). The Labute approximate surface area is 95.9 Å². The van der Waals surface area contributed by atoms with Gasteiger partial charge in [-0.25, -0.2) is 4.98 Å². The van der Waals surface area contributed by atoms with Gasteiger partial charge in [0, 0.05) is 6.04 Å². The van der Waals surface area contributed by atoms with Crippen molar-refractivity contribution < 1.29 is 0 Å². The minimum absolute atomic E-state index is 0.470. The van der Waals surface area contributed by atoms with Crippen LogP contribution < -0.4 is 5.32 Å². The van der Waals surface area contributed by atoms with Crippen molar-refractivity contribution in [1.82, 2.24) is 9.88 Å². The maximum absolute atomic E-state index is 8.76. The van der Waals surface area contributed by atoms with Gasteiger partial charge in [0.05, 0.1) is 0 Å². The van der Waals surface area contributed by atoms with E-state index in [9.17, 15) is 0 Å². The van der Waals surface area contributed by atoms with Crippen LogP contribution >= 0.6 is 0 Å². The summed E-state index contributed by atoms with van der Waals surface area (Å²) in [6, 6.07) is 8.04. The van der Waals surface area contributed by atoms with E-state index in [1.807, 2.05) is 12.1 Å². The van der Waals surface area contributed by atoms with Gasteiger partial charge in [-0.05, 0) is 45.1 Å². The normalized spacial score (nSPS) is 18.0. The van der Waals surface area contributed by atoms with E-state index in [-0.39, 0.29) is 0 Å². The fourth-order valence-electron chi connectivity index (χ4n) is 1.94. The molecule has 4 nitrogen and oxygen atoms in total. The molecule has 4 heteroatoms. The third-order valence-corrected chi connectivity index (χ3v) is 2.93. The highest BCUT2D eigenvalue weighted by Gasteiger charge is 2.16. The molecular weight excluding hydrogens is 200 g/mol. The summed E-state index contributed by atoms with van der Waals surface area (Å²) in [5, 5.41) is 12.1. The molecule has 1 N–H and O–H groups in total. The molecular formula is C12H16N4. The molecule has 0 aliphatic carbocycles. The molecule has 1 aromatic rings. The molecule has 0 spiro atoms. The summed E-state index contributed by atoms with van der Waals surface area (Å²) in [5.74, 6) is 0.814. The Morgan fingerprint density at radius 3 is 2.88 bits per heavy atom. The van der Waals surface area contributed by atoms with Crippen LogP contribution in [0.4, 0.5) is 5.82 Å². The van der Waals surface area contributed by atoms with Crippen molar-refractivity contribution in [2.24, 2.45) is 0 Å². The summed E-state index contributed by atoms with van der Waals surface area (Å²) in [6.07, 6.45) is 2.27. The second kappa shape index (κ2) is 4.95. The highest BCUT2D eigenvalue weighted by molar-refractivity contribution is 5.39. The van der Waals surface area contributed by atoms with Crippen LogP contribution in [0, 0.1) is 11.3 Å². The zero-order chi connectivity index (χ0) is 11.4. The van der Waals surface area contributed by atoms with Crippen molar-refractivity contribution in [3.63, 3.8) is 0 Å².